The van der Waals surface area contributed by atoms with Crippen LogP contribution in [0.25, 0.3) is 0 Å². The molecular weight excluding hydrogens is 287 g/mol. The third-order valence-electron chi connectivity index (χ3n) is 2.80. The number of anilines is 1. The van der Waals surface area contributed by atoms with E-state index in [0.29, 0.717) is 29.8 Å². The number of hydrogen-bond acceptors (Lipinski definition) is 4. The fourth-order valence-electron chi connectivity index (χ4n) is 1.81. The van der Waals surface area contributed by atoms with Crippen LogP contribution in [0.4, 0.5) is 5.82 Å². The van der Waals surface area contributed by atoms with Gasteiger partial charge in [0.05, 0.1) is 35.9 Å². The fraction of sp³-hybridized carbons (Fsp3) is 0.615. The molecule has 1 heterocycles. The summed E-state index contributed by atoms with van der Waals surface area (Å²) >= 11 is 11.9. The second kappa shape index (κ2) is 8.59. The molecule has 0 N–H and O–H groups in total. The summed E-state index contributed by atoms with van der Waals surface area (Å²) in [6, 6.07) is 3.90. The van der Waals surface area contributed by atoms with Gasteiger partial charge in [0.25, 0.3) is 0 Å². The number of ether oxygens (including phenoxy) is 2. The van der Waals surface area contributed by atoms with E-state index >= 15 is 0 Å². The summed E-state index contributed by atoms with van der Waals surface area (Å²) in [7, 11) is 3.36. The predicted molar refractivity (Wildman–Crippen MR) is 79.4 cm³/mol. The third kappa shape index (κ3) is 4.80. The van der Waals surface area contributed by atoms with Gasteiger partial charge in [-0.15, -0.1) is 11.6 Å². The van der Waals surface area contributed by atoms with Crippen LogP contribution >= 0.6 is 23.2 Å². The van der Waals surface area contributed by atoms with Crippen LogP contribution in [0.15, 0.2) is 12.1 Å². The molecule has 0 fully saturated rings. The Balaban J connectivity index is 2.95. The van der Waals surface area contributed by atoms with Crippen molar-refractivity contribution < 1.29 is 9.47 Å². The van der Waals surface area contributed by atoms with Gasteiger partial charge in [0.1, 0.15) is 5.82 Å². The standard InChI is InChI=1S/C13H20Cl2N2O2/c1-10(9-19-3)17(6-7-18-2)13-5-4-11(15)12(8-14)16-13/h4-5,10H,6-9H2,1-3H3. The normalized spacial score (nSPS) is 12.5. The van der Waals surface area contributed by atoms with Crippen molar-refractivity contribution in [2.45, 2.75) is 18.8 Å². The van der Waals surface area contributed by atoms with Crippen molar-refractivity contribution in [1.82, 2.24) is 4.98 Å². The molecule has 1 atom stereocenters. The van der Waals surface area contributed by atoms with Crippen LogP contribution in [0.2, 0.25) is 5.02 Å². The highest BCUT2D eigenvalue weighted by Crippen LogP contribution is 2.22. The molecule has 108 valence electrons. The average molecular weight is 307 g/mol. The lowest BCUT2D eigenvalue weighted by Crippen LogP contribution is -2.39. The largest absolute Gasteiger partial charge is 0.383 e. The maximum Gasteiger partial charge on any atom is 0.129 e. The zero-order valence-corrected chi connectivity index (χ0v) is 13.0. The maximum atomic E-state index is 6.03. The molecule has 1 rings (SSSR count). The van der Waals surface area contributed by atoms with Crippen LogP contribution in [0.1, 0.15) is 12.6 Å². The van der Waals surface area contributed by atoms with Crippen LogP contribution in [-0.4, -0.2) is 45.0 Å². The van der Waals surface area contributed by atoms with Gasteiger partial charge in [0, 0.05) is 20.8 Å². The molecule has 4 nitrogen and oxygen atoms in total. The molecule has 0 aliphatic heterocycles. The molecule has 0 amide bonds. The first-order chi connectivity index (χ1) is 9.13. The van der Waals surface area contributed by atoms with E-state index in [-0.39, 0.29) is 6.04 Å². The average Bonchev–Trinajstić information content (AvgIpc) is 2.41. The molecule has 0 aliphatic carbocycles. The van der Waals surface area contributed by atoms with Gasteiger partial charge in [-0.1, -0.05) is 11.6 Å². The topological polar surface area (TPSA) is 34.6 Å². The van der Waals surface area contributed by atoms with Crippen LogP contribution in [-0.2, 0) is 15.4 Å². The van der Waals surface area contributed by atoms with Crippen molar-refractivity contribution in [2.24, 2.45) is 0 Å². The zero-order chi connectivity index (χ0) is 14.3. The lowest BCUT2D eigenvalue weighted by Gasteiger charge is -2.30. The Labute approximate surface area is 124 Å². The quantitative estimate of drug-likeness (QED) is 0.692. The third-order valence-corrected chi connectivity index (χ3v) is 3.40. The minimum atomic E-state index is 0.192. The Morgan fingerprint density at radius 2 is 2.05 bits per heavy atom. The fourth-order valence-corrected chi connectivity index (χ4v) is 2.25. The molecule has 0 spiro atoms. The van der Waals surface area contributed by atoms with Gasteiger partial charge in [-0.25, -0.2) is 4.98 Å². The Hall–Kier alpha value is -0.550. The van der Waals surface area contributed by atoms with Crippen molar-refractivity contribution in [1.29, 1.82) is 0 Å². The summed E-state index contributed by atoms with van der Waals surface area (Å²) < 4.78 is 10.3. The van der Waals surface area contributed by atoms with Gasteiger partial charge < -0.3 is 14.4 Å². The predicted octanol–water partition coefficient (Wildman–Crippen LogP) is 2.96. The van der Waals surface area contributed by atoms with E-state index in [1.807, 2.05) is 12.1 Å². The van der Waals surface area contributed by atoms with E-state index in [1.165, 1.54) is 0 Å². The number of pyridine rings is 1. The number of nitrogens with zero attached hydrogens (tertiary/aromatic N) is 2. The SMILES string of the molecule is COCCN(c1ccc(Cl)c(CCl)n1)C(C)COC. The van der Waals surface area contributed by atoms with Crippen molar-refractivity contribution in [3.05, 3.63) is 22.8 Å². The van der Waals surface area contributed by atoms with Crippen molar-refractivity contribution in [2.75, 3.05) is 38.9 Å². The van der Waals surface area contributed by atoms with E-state index in [4.69, 9.17) is 32.7 Å². The Bertz CT molecular complexity index is 391. The molecule has 1 unspecified atom stereocenters. The van der Waals surface area contributed by atoms with E-state index in [0.717, 1.165) is 12.4 Å². The second-order valence-corrected chi connectivity index (χ2v) is 4.90. The molecule has 6 heteroatoms. The summed E-state index contributed by atoms with van der Waals surface area (Å²) in [5.41, 5.74) is 0.688. The number of methoxy groups -OCH3 is 2. The highest BCUT2D eigenvalue weighted by molar-refractivity contribution is 6.32. The first-order valence-electron chi connectivity index (χ1n) is 6.10. The Morgan fingerprint density at radius 1 is 1.32 bits per heavy atom. The van der Waals surface area contributed by atoms with Crippen LogP contribution < -0.4 is 4.90 Å². The number of rotatable bonds is 8. The lowest BCUT2D eigenvalue weighted by atomic mass is 10.2. The highest BCUT2D eigenvalue weighted by atomic mass is 35.5. The van der Waals surface area contributed by atoms with Crippen LogP contribution in [0.3, 0.4) is 0 Å². The highest BCUT2D eigenvalue weighted by Gasteiger charge is 2.16. The number of halogens is 2. The number of hydrogen-bond donors (Lipinski definition) is 0. The summed E-state index contributed by atoms with van der Waals surface area (Å²) in [4.78, 5) is 6.62. The summed E-state index contributed by atoms with van der Waals surface area (Å²) in [5.74, 6) is 1.13. The molecule has 0 saturated heterocycles. The van der Waals surface area contributed by atoms with Gasteiger partial charge in [-0.2, -0.15) is 0 Å². The summed E-state index contributed by atoms with van der Waals surface area (Å²) in [6.07, 6.45) is 0. The maximum absolute atomic E-state index is 6.03. The molecular formula is C13H20Cl2N2O2. The minimum absolute atomic E-state index is 0.192. The molecule has 0 radical (unpaired) electrons. The summed E-state index contributed by atoms with van der Waals surface area (Å²) in [5, 5.41) is 0.588. The van der Waals surface area contributed by atoms with Crippen molar-refractivity contribution in [3.63, 3.8) is 0 Å². The smallest absolute Gasteiger partial charge is 0.129 e. The minimum Gasteiger partial charge on any atom is -0.383 e. The van der Waals surface area contributed by atoms with Gasteiger partial charge in [-0.3, -0.25) is 0 Å². The molecule has 1 aromatic rings. The number of alkyl halides is 1. The van der Waals surface area contributed by atoms with Gasteiger partial charge >= 0.3 is 0 Å². The summed E-state index contributed by atoms with van der Waals surface area (Å²) in [6.45, 7) is 4.05. The van der Waals surface area contributed by atoms with Crippen molar-refractivity contribution >= 4 is 29.0 Å². The van der Waals surface area contributed by atoms with Crippen LogP contribution in [0.5, 0.6) is 0 Å². The first-order valence-corrected chi connectivity index (χ1v) is 7.01. The lowest BCUT2D eigenvalue weighted by molar-refractivity contribution is 0.170. The monoisotopic (exact) mass is 306 g/mol. The molecule has 1 aromatic heterocycles. The van der Waals surface area contributed by atoms with E-state index in [9.17, 15) is 0 Å². The molecule has 0 aliphatic rings. The molecule has 0 saturated carbocycles. The first kappa shape index (κ1) is 16.5. The number of aromatic nitrogens is 1. The zero-order valence-electron chi connectivity index (χ0n) is 11.5. The molecule has 19 heavy (non-hydrogen) atoms. The van der Waals surface area contributed by atoms with Gasteiger partial charge in [-0.05, 0) is 19.1 Å². The Morgan fingerprint density at radius 3 is 2.63 bits per heavy atom. The Kier molecular flexibility index (Phi) is 7.46. The molecule has 0 bridgehead atoms. The van der Waals surface area contributed by atoms with Crippen LogP contribution in [0, 0.1) is 0 Å². The van der Waals surface area contributed by atoms with E-state index < -0.39 is 0 Å². The van der Waals surface area contributed by atoms with E-state index in [1.54, 1.807) is 14.2 Å². The van der Waals surface area contributed by atoms with Gasteiger partial charge in [0.15, 0.2) is 0 Å². The second-order valence-electron chi connectivity index (χ2n) is 4.22. The van der Waals surface area contributed by atoms with Gasteiger partial charge in [0.2, 0.25) is 0 Å². The molecule has 0 aromatic carbocycles. The van der Waals surface area contributed by atoms with E-state index in [2.05, 4.69) is 16.8 Å². The van der Waals surface area contributed by atoms with Crippen molar-refractivity contribution in [3.8, 4) is 0 Å².